The van der Waals surface area contributed by atoms with E-state index in [1.54, 1.807) is 30.3 Å². The first-order chi connectivity index (χ1) is 14.1. The lowest BCUT2D eigenvalue weighted by Crippen LogP contribution is -2.32. The maximum Gasteiger partial charge on any atom is 0.367 e. The highest BCUT2D eigenvalue weighted by atomic mass is 16.7. The minimum atomic E-state index is -0.891. The number of carbonyl (C=O) groups is 3. The van der Waals surface area contributed by atoms with Crippen molar-refractivity contribution in [2.75, 3.05) is 13.2 Å². The van der Waals surface area contributed by atoms with E-state index < -0.39 is 17.8 Å². The van der Waals surface area contributed by atoms with Crippen LogP contribution >= 0.6 is 0 Å². The average Bonchev–Trinajstić information content (AvgIpc) is 3.34. The molecule has 0 aliphatic carbocycles. The van der Waals surface area contributed by atoms with Crippen molar-refractivity contribution >= 4 is 17.8 Å². The molecule has 3 heterocycles. The highest BCUT2D eigenvalue weighted by Gasteiger charge is 2.39. The molecule has 0 atom stereocenters. The van der Waals surface area contributed by atoms with E-state index in [9.17, 15) is 14.4 Å². The normalized spacial score (nSPS) is 14.7. The highest BCUT2D eigenvalue weighted by Crippen LogP contribution is 2.35. The summed E-state index contributed by atoms with van der Waals surface area (Å²) in [5, 5.41) is 7.10. The zero-order valence-corrected chi connectivity index (χ0v) is 14.9. The Morgan fingerprint density at radius 1 is 1.00 bits per heavy atom. The lowest BCUT2D eigenvalue weighted by molar-refractivity contribution is -0.0584. The fraction of sp³-hybridized carbons (Fsp3) is 0.100. The van der Waals surface area contributed by atoms with E-state index in [1.165, 1.54) is 18.3 Å². The maximum absolute atomic E-state index is 12.7. The van der Waals surface area contributed by atoms with Gasteiger partial charge in [0.25, 0.3) is 11.8 Å². The average molecular weight is 391 g/mol. The molecular weight excluding hydrogens is 378 g/mol. The predicted molar refractivity (Wildman–Crippen MR) is 97.4 cm³/mol. The number of H-pyrrole nitrogens is 1. The van der Waals surface area contributed by atoms with E-state index in [4.69, 9.17) is 14.3 Å². The molecule has 0 saturated carbocycles. The summed E-state index contributed by atoms with van der Waals surface area (Å²) in [7, 11) is 0. The number of nitrogens with one attached hydrogen (secondary N) is 1. The standard InChI is InChI=1S/C20H13N3O6/c24-18-12-3-1-2-4-13(12)19(25)23(18)29-20(26)14-10-21-22-17(14)11-5-6-15-16(9-11)28-8-7-27-15/h1-6,9-10H,7-8H2,(H,21,22). The number of carbonyl (C=O) groups excluding carboxylic acids is 3. The number of aromatic amines is 1. The summed E-state index contributed by atoms with van der Waals surface area (Å²) in [6.07, 6.45) is 1.27. The number of hydrogen-bond acceptors (Lipinski definition) is 7. The molecule has 5 rings (SSSR count). The van der Waals surface area contributed by atoms with Crippen molar-refractivity contribution in [3.05, 3.63) is 65.4 Å². The minimum absolute atomic E-state index is 0.0678. The van der Waals surface area contributed by atoms with Crippen molar-refractivity contribution in [1.29, 1.82) is 0 Å². The zero-order chi connectivity index (χ0) is 20.0. The third-order valence-electron chi connectivity index (χ3n) is 4.62. The van der Waals surface area contributed by atoms with E-state index in [2.05, 4.69) is 10.2 Å². The van der Waals surface area contributed by atoms with E-state index in [1.807, 2.05) is 0 Å². The SMILES string of the molecule is O=C(ON1C(=O)c2ccccc2C1=O)c1cn[nH]c1-c1ccc2c(c1)OCCO2. The number of imide groups is 1. The van der Waals surface area contributed by atoms with Crippen molar-refractivity contribution < 1.29 is 28.7 Å². The fourth-order valence-electron chi connectivity index (χ4n) is 3.24. The molecule has 1 aromatic heterocycles. The second kappa shape index (κ2) is 6.48. The van der Waals surface area contributed by atoms with Crippen molar-refractivity contribution in [3.8, 4) is 22.8 Å². The molecule has 9 nitrogen and oxygen atoms in total. The van der Waals surface area contributed by atoms with E-state index in [0.717, 1.165) is 0 Å². The Balaban J connectivity index is 1.42. The summed E-state index contributed by atoms with van der Waals surface area (Å²) in [6, 6.07) is 11.4. The van der Waals surface area contributed by atoms with Gasteiger partial charge in [-0.2, -0.15) is 5.10 Å². The molecule has 0 spiro atoms. The summed E-state index contributed by atoms with van der Waals surface area (Å²) in [6.45, 7) is 0.891. The van der Waals surface area contributed by atoms with Crippen LogP contribution < -0.4 is 9.47 Å². The lowest BCUT2D eigenvalue weighted by Gasteiger charge is -2.18. The molecule has 2 aromatic carbocycles. The van der Waals surface area contributed by atoms with Crippen LogP contribution in [0.4, 0.5) is 0 Å². The summed E-state index contributed by atoms with van der Waals surface area (Å²) < 4.78 is 11.1. The van der Waals surface area contributed by atoms with E-state index >= 15 is 0 Å². The first kappa shape index (κ1) is 17.0. The highest BCUT2D eigenvalue weighted by molar-refractivity contribution is 6.21. The maximum atomic E-state index is 12.7. The van der Waals surface area contributed by atoms with E-state index in [-0.39, 0.29) is 16.7 Å². The quantitative estimate of drug-likeness (QED) is 0.682. The van der Waals surface area contributed by atoms with Gasteiger partial charge in [-0.25, -0.2) is 4.79 Å². The molecule has 0 unspecified atom stereocenters. The third-order valence-corrected chi connectivity index (χ3v) is 4.62. The van der Waals surface area contributed by atoms with Crippen molar-refractivity contribution in [3.63, 3.8) is 0 Å². The summed E-state index contributed by atoms with van der Waals surface area (Å²) in [5.41, 5.74) is 1.41. The fourth-order valence-corrected chi connectivity index (χ4v) is 3.24. The van der Waals surface area contributed by atoms with Crippen LogP contribution in [0.15, 0.2) is 48.7 Å². The number of aromatic nitrogens is 2. The van der Waals surface area contributed by atoms with Crippen LogP contribution in [0.5, 0.6) is 11.5 Å². The lowest BCUT2D eigenvalue weighted by atomic mass is 10.1. The topological polar surface area (TPSA) is 111 Å². The molecule has 0 radical (unpaired) electrons. The molecule has 29 heavy (non-hydrogen) atoms. The minimum Gasteiger partial charge on any atom is -0.486 e. The number of amides is 2. The molecule has 1 N–H and O–H groups in total. The third kappa shape index (κ3) is 2.71. The molecule has 144 valence electrons. The second-order valence-electron chi connectivity index (χ2n) is 6.35. The molecule has 0 saturated heterocycles. The van der Waals surface area contributed by atoms with Crippen molar-refractivity contribution in [2.45, 2.75) is 0 Å². The molecular formula is C20H13N3O6. The number of hydroxylamine groups is 2. The largest absolute Gasteiger partial charge is 0.486 e. The van der Waals surface area contributed by atoms with Gasteiger partial charge in [-0.15, -0.1) is 0 Å². The zero-order valence-electron chi connectivity index (χ0n) is 14.9. The van der Waals surface area contributed by atoms with E-state index in [0.29, 0.717) is 41.0 Å². The van der Waals surface area contributed by atoms with Gasteiger partial charge in [0.1, 0.15) is 18.8 Å². The Morgan fingerprint density at radius 2 is 1.69 bits per heavy atom. The Kier molecular flexibility index (Phi) is 3.80. The smallest absolute Gasteiger partial charge is 0.367 e. The van der Waals surface area contributed by atoms with Gasteiger partial charge < -0.3 is 14.3 Å². The second-order valence-corrected chi connectivity index (χ2v) is 6.35. The van der Waals surface area contributed by atoms with Gasteiger partial charge in [-0.3, -0.25) is 14.7 Å². The summed E-state index contributed by atoms with van der Waals surface area (Å²) in [5.74, 6) is -1.12. The van der Waals surface area contributed by atoms with Gasteiger partial charge in [-0.05, 0) is 30.3 Å². The van der Waals surface area contributed by atoms with Crippen molar-refractivity contribution in [1.82, 2.24) is 15.3 Å². The first-order valence-electron chi connectivity index (χ1n) is 8.77. The van der Waals surface area contributed by atoms with Gasteiger partial charge in [0.2, 0.25) is 0 Å². The van der Waals surface area contributed by atoms with Gasteiger partial charge in [0.15, 0.2) is 11.5 Å². The number of rotatable bonds is 3. The van der Waals surface area contributed by atoms with Gasteiger partial charge in [0.05, 0.1) is 23.0 Å². The van der Waals surface area contributed by atoms with Gasteiger partial charge in [0, 0.05) is 5.56 Å². The van der Waals surface area contributed by atoms with Crippen LogP contribution in [0.25, 0.3) is 11.3 Å². The number of ether oxygens (including phenoxy) is 2. The molecule has 2 aliphatic rings. The summed E-state index contributed by atoms with van der Waals surface area (Å²) >= 11 is 0. The Morgan fingerprint density at radius 3 is 2.41 bits per heavy atom. The van der Waals surface area contributed by atoms with Crippen LogP contribution in [-0.4, -0.2) is 46.3 Å². The van der Waals surface area contributed by atoms with Crippen molar-refractivity contribution in [2.24, 2.45) is 0 Å². The number of fused-ring (bicyclic) bond motifs is 2. The van der Waals surface area contributed by atoms with Crippen LogP contribution in [0, 0.1) is 0 Å². The molecule has 3 aromatic rings. The molecule has 9 heteroatoms. The Bertz CT molecular complexity index is 1130. The molecule has 2 aliphatic heterocycles. The van der Waals surface area contributed by atoms with Gasteiger partial charge >= 0.3 is 5.97 Å². The number of nitrogens with zero attached hydrogens (tertiary/aromatic N) is 2. The first-order valence-corrected chi connectivity index (χ1v) is 8.77. The summed E-state index contributed by atoms with van der Waals surface area (Å²) in [4.78, 5) is 42.6. The predicted octanol–water partition coefficient (Wildman–Crippen LogP) is 2.22. The van der Waals surface area contributed by atoms with Crippen LogP contribution in [-0.2, 0) is 4.84 Å². The van der Waals surface area contributed by atoms with Crippen LogP contribution in [0.1, 0.15) is 31.1 Å². The molecule has 0 fully saturated rings. The Labute approximate surface area is 163 Å². The Hall–Kier alpha value is -4.14. The monoisotopic (exact) mass is 391 g/mol. The number of benzene rings is 2. The molecule has 0 bridgehead atoms. The molecule has 2 amide bonds. The van der Waals surface area contributed by atoms with Gasteiger partial charge in [-0.1, -0.05) is 17.2 Å². The number of hydrogen-bond donors (Lipinski definition) is 1. The van der Waals surface area contributed by atoms with Crippen LogP contribution in [0.2, 0.25) is 0 Å². The van der Waals surface area contributed by atoms with Crippen LogP contribution in [0.3, 0.4) is 0 Å².